The molecule has 0 bridgehead atoms. The molecular weight excluding hydrogens is 112 g/mol. The lowest BCUT2D eigenvalue weighted by molar-refractivity contribution is -0.306. The molecule has 0 aromatic rings. The van der Waals surface area contributed by atoms with Crippen molar-refractivity contribution in [3.63, 3.8) is 0 Å². The lowest BCUT2D eigenvalue weighted by atomic mass is 10.2. The van der Waals surface area contributed by atoms with E-state index in [0.29, 0.717) is 0 Å². The molecule has 0 aliphatic rings. The maximum absolute atomic E-state index is 7.90. The Morgan fingerprint density at radius 1 is 1.29 bits per heavy atom. The zero-order valence-corrected chi connectivity index (χ0v) is 5.86. The Morgan fingerprint density at radius 3 is 1.43 bits per heavy atom. The molecular formula is C4H12O2S. The van der Waals surface area contributed by atoms with Gasteiger partial charge in [-0.15, -0.1) is 0 Å². The van der Waals surface area contributed by atoms with Gasteiger partial charge in [-0.05, 0) is 20.8 Å². The minimum atomic E-state index is -0.403. The van der Waals surface area contributed by atoms with Gasteiger partial charge in [0.05, 0.1) is 5.60 Å². The molecule has 7 heavy (non-hydrogen) atoms. The number of hydrogen-bond acceptors (Lipinski definition) is 2. The van der Waals surface area contributed by atoms with E-state index in [1.54, 1.807) is 20.8 Å². The van der Waals surface area contributed by atoms with E-state index in [1.165, 1.54) is 0 Å². The third kappa shape index (κ3) is 10.7. The molecule has 0 saturated carbocycles. The summed E-state index contributed by atoms with van der Waals surface area (Å²) in [6.07, 6.45) is 0. The van der Waals surface area contributed by atoms with Gasteiger partial charge in [0, 0.05) is 0 Å². The standard InChI is InChI=1S/C4H10O2.H2S/c1-4(2,3)6-5;/h5H,1-3H3;1H2. The molecule has 0 unspecified atom stereocenters. The summed E-state index contributed by atoms with van der Waals surface area (Å²) in [5.74, 6) is 0. The van der Waals surface area contributed by atoms with Crippen LogP contribution in [0.2, 0.25) is 0 Å². The summed E-state index contributed by atoms with van der Waals surface area (Å²) < 4.78 is 0. The molecule has 0 rings (SSSR count). The van der Waals surface area contributed by atoms with Gasteiger partial charge >= 0.3 is 0 Å². The number of hydrogen-bond donors (Lipinski definition) is 1. The highest BCUT2D eigenvalue weighted by molar-refractivity contribution is 7.59. The van der Waals surface area contributed by atoms with E-state index in [9.17, 15) is 0 Å². The van der Waals surface area contributed by atoms with Gasteiger partial charge in [-0.3, -0.25) is 5.26 Å². The van der Waals surface area contributed by atoms with Crippen molar-refractivity contribution in [3.8, 4) is 0 Å². The van der Waals surface area contributed by atoms with Gasteiger partial charge in [0.1, 0.15) is 0 Å². The third-order valence-electron chi connectivity index (χ3n) is 0.274. The fraction of sp³-hybridized carbons (Fsp3) is 1.00. The highest BCUT2D eigenvalue weighted by atomic mass is 32.1. The Bertz CT molecular complexity index is 39.4. The second-order valence-electron chi connectivity index (χ2n) is 2.20. The van der Waals surface area contributed by atoms with Crippen LogP contribution in [0.5, 0.6) is 0 Å². The molecule has 1 N–H and O–H groups in total. The topological polar surface area (TPSA) is 29.5 Å². The first-order chi connectivity index (χ1) is 2.56. The van der Waals surface area contributed by atoms with Gasteiger partial charge in [-0.1, -0.05) is 0 Å². The van der Waals surface area contributed by atoms with Crippen molar-refractivity contribution in [2.24, 2.45) is 0 Å². The largest absolute Gasteiger partial charge is 0.251 e. The Hall–Kier alpha value is 0.270. The molecule has 0 radical (unpaired) electrons. The smallest absolute Gasteiger partial charge is 0.0949 e. The lowest BCUT2D eigenvalue weighted by Gasteiger charge is -2.10. The van der Waals surface area contributed by atoms with Gasteiger partial charge in [0.2, 0.25) is 0 Å². The highest BCUT2D eigenvalue weighted by Crippen LogP contribution is 2.01. The normalized spacial score (nSPS) is 10.3. The molecule has 46 valence electrons. The van der Waals surface area contributed by atoms with Crippen LogP contribution in [0.15, 0.2) is 0 Å². The summed E-state index contributed by atoms with van der Waals surface area (Å²) in [5, 5.41) is 7.90. The Labute approximate surface area is 50.9 Å². The van der Waals surface area contributed by atoms with Crippen molar-refractivity contribution in [2.75, 3.05) is 0 Å². The summed E-state index contributed by atoms with van der Waals surface area (Å²) >= 11 is 0. The van der Waals surface area contributed by atoms with Crippen LogP contribution in [0.1, 0.15) is 20.8 Å². The van der Waals surface area contributed by atoms with Crippen molar-refractivity contribution < 1.29 is 10.1 Å². The first kappa shape index (κ1) is 10.3. The van der Waals surface area contributed by atoms with Crippen LogP contribution in [0, 0.1) is 0 Å². The van der Waals surface area contributed by atoms with Crippen LogP contribution in [-0.2, 0) is 4.89 Å². The minimum absolute atomic E-state index is 0. The first-order valence-corrected chi connectivity index (χ1v) is 1.89. The van der Waals surface area contributed by atoms with E-state index in [2.05, 4.69) is 4.89 Å². The van der Waals surface area contributed by atoms with E-state index < -0.39 is 5.60 Å². The zero-order valence-electron chi connectivity index (χ0n) is 4.86. The Morgan fingerprint density at radius 2 is 1.43 bits per heavy atom. The van der Waals surface area contributed by atoms with E-state index in [0.717, 1.165) is 0 Å². The molecule has 0 aliphatic heterocycles. The third-order valence-corrected chi connectivity index (χ3v) is 0.274. The predicted molar refractivity (Wildman–Crippen MR) is 33.8 cm³/mol. The molecule has 0 aromatic heterocycles. The molecule has 0 aromatic carbocycles. The van der Waals surface area contributed by atoms with E-state index >= 15 is 0 Å². The van der Waals surface area contributed by atoms with Gasteiger partial charge in [-0.2, -0.15) is 13.5 Å². The molecule has 0 atom stereocenters. The van der Waals surface area contributed by atoms with Crippen molar-refractivity contribution in [2.45, 2.75) is 26.4 Å². The maximum atomic E-state index is 7.90. The first-order valence-electron chi connectivity index (χ1n) is 1.89. The summed E-state index contributed by atoms with van der Waals surface area (Å²) in [7, 11) is 0. The van der Waals surface area contributed by atoms with Gasteiger partial charge in [0.25, 0.3) is 0 Å². The summed E-state index contributed by atoms with van der Waals surface area (Å²) in [5.41, 5.74) is -0.403. The maximum Gasteiger partial charge on any atom is 0.0949 e. The van der Waals surface area contributed by atoms with Crippen molar-refractivity contribution in [3.05, 3.63) is 0 Å². The molecule has 0 fully saturated rings. The van der Waals surface area contributed by atoms with E-state index in [4.69, 9.17) is 5.26 Å². The Balaban J connectivity index is 0. The fourth-order valence-electron chi connectivity index (χ4n) is 0. The van der Waals surface area contributed by atoms with Crippen molar-refractivity contribution in [1.29, 1.82) is 0 Å². The number of rotatable bonds is 0. The molecule has 0 amide bonds. The zero-order chi connectivity index (χ0) is 5.21. The lowest BCUT2D eigenvalue weighted by Crippen LogP contribution is -2.15. The van der Waals surface area contributed by atoms with E-state index in [1.807, 2.05) is 0 Å². The van der Waals surface area contributed by atoms with Crippen molar-refractivity contribution in [1.82, 2.24) is 0 Å². The van der Waals surface area contributed by atoms with Crippen LogP contribution in [0.4, 0.5) is 0 Å². The summed E-state index contributed by atoms with van der Waals surface area (Å²) in [4.78, 5) is 3.94. The second kappa shape index (κ2) is 3.29. The SMILES string of the molecule is CC(C)(C)OO.S. The van der Waals surface area contributed by atoms with Crippen LogP contribution < -0.4 is 0 Å². The molecule has 3 heteroatoms. The Kier molecular flexibility index (Phi) is 4.84. The molecule has 0 heterocycles. The molecule has 0 spiro atoms. The second-order valence-corrected chi connectivity index (χ2v) is 2.20. The van der Waals surface area contributed by atoms with Crippen LogP contribution in [0.25, 0.3) is 0 Å². The highest BCUT2D eigenvalue weighted by Gasteiger charge is 2.06. The van der Waals surface area contributed by atoms with Gasteiger partial charge < -0.3 is 0 Å². The predicted octanol–water partition coefficient (Wildman–Crippen LogP) is 1.39. The van der Waals surface area contributed by atoms with Crippen LogP contribution in [-0.4, -0.2) is 10.9 Å². The van der Waals surface area contributed by atoms with Crippen LogP contribution in [0.3, 0.4) is 0 Å². The average Bonchev–Trinajstić information content (AvgIpc) is 1.35. The van der Waals surface area contributed by atoms with Crippen molar-refractivity contribution >= 4 is 13.5 Å². The minimum Gasteiger partial charge on any atom is -0.251 e. The van der Waals surface area contributed by atoms with Crippen LogP contribution >= 0.6 is 13.5 Å². The molecule has 0 saturated heterocycles. The summed E-state index contributed by atoms with van der Waals surface area (Å²) in [6, 6.07) is 0. The fourth-order valence-corrected chi connectivity index (χ4v) is 0. The molecule has 2 nitrogen and oxygen atoms in total. The van der Waals surface area contributed by atoms with E-state index in [-0.39, 0.29) is 13.5 Å². The van der Waals surface area contributed by atoms with Gasteiger partial charge in [-0.25, -0.2) is 4.89 Å². The summed E-state index contributed by atoms with van der Waals surface area (Å²) in [6.45, 7) is 5.31. The van der Waals surface area contributed by atoms with Gasteiger partial charge in [0.15, 0.2) is 0 Å². The quantitative estimate of drug-likeness (QED) is 0.390. The molecule has 0 aliphatic carbocycles. The monoisotopic (exact) mass is 124 g/mol. The average molecular weight is 124 g/mol.